The minimum Gasteiger partial charge on any atom is -0.0811 e. The van der Waals surface area contributed by atoms with Crippen LogP contribution in [0.25, 0.3) is 10.4 Å². The fourth-order valence-corrected chi connectivity index (χ4v) is 1.23. The molecular weight excluding hydrogens is 138 g/mol. The fourth-order valence-electron chi connectivity index (χ4n) is 1.23. The van der Waals surface area contributed by atoms with Gasteiger partial charge in [0.2, 0.25) is 0 Å². The molecule has 0 aromatic heterocycles. The van der Waals surface area contributed by atoms with E-state index in [0.29, 0.717) is 0 Å². The SMILES string of the molecule is CC/C=C1/CCC=C1N=[N+]=[N-]. The van der Waals surface area contributed by atoms with Crippen LogP contribution in [0, 0.1) is 0 Å². The van der Waals surface area contributed by atoms with Crippen LogP contribution in [0.15, 0.2) is 28.5 Å². The van der Waals surface area contributed by atoms with Crippen LogP contribution in [-0.4, -0.2) is 0 Å². The highest BCUT2D eigenvalue weighted by molar-refractivity contribution is 5.34. The molecule has 11 heavy (non-hydrogen) atoms. The van der Waals surface area contributed by atoms with Crippen LogP contribution in [0.1, 0.15) is 26.2 Å². The summed E-state index contributed by atoms with van der Waals surface area (Å²) in [6, 6.07) is 0. The Bertz CT molecular complexity index is 244. The highest BCUT2D eigenvalue weighted by Crippen LogP contribution is 2.25. The smallest absolute Gasteiger partial charge is 0.0364 e. The molecule has 58 valence electrons. The van der Waals surface area contributed by atoms with E-state index in [1.807, 2.05) is 6.08 Å². The van der Waals surface area contributed by atoms with Crippen LogP contribution >= 0.6 is 0 Å². The third-order valence-corrected chi connectivity index (χ3v) is 1.68. The molecule has 0 aromatic carbocycles. The van der Waals surface area contributed by atoms with E-state index in [0.717, 1.165) is 25.0 Å². The molecule has 0 spiro atoms. The molecule has 0 amide bonds. The fraction of sp³-hybridized carbons (Fsp3) is 0.500. The van der Waals surface area contributed by atoms with Crippen molar-refractivity contribution in [2.75, 3.05) is 0 Å². The second-order valence-electron chi connectivity index (χ2n) is 2.46. The molecule has 1 aliphatic carbocycles. The molecule has 0 unspecified atom stereocenters. The van der Waals surface area contributed by atoms with Crippen LogP contribution in [-0.2, 0) is 0 Å². The molecular formula is C8H11N3. The topological polar surface area (TPSA) is 48.8 Å². The minimum absolute atomic E-state index is 0.828. The van der Waals surface area contributed by atoms with Crippen molar-refractivity contribution < 1.29 is 0 Å². The molecule has 0 atom stereocenters. The Morgan fingerprint density at radius 1 is 1.82 bits per heavy atom. The number of hydrogen-bond donors (Lipinski definition) is 0. The Balaban J connectivity index is 2.78. The standard InChI is InChI=1S/C8H11N3/c1-2-4-7-5-3-6-8(7)10-11-9/h4,6H,2-3,5H2,1H3/b7-4-. The van der Waals surface area contributed by atoms with Gasteiger partial charge in [-0.1, -0.05) is 24.2 Å². The first-order valence-electron chi connectivity index (χ1n) is 3.83. The summed E-state index contributed by atoms with van der Waals surface area (Å²) in [5.74, 6) is 0. The summed E-state index contributed by atoms with van der Waals surface area (Å²) in [7, 11) is 0. The number of nitrogens with zero attached hydrogens (tertiary/aromatic N) is 3. The summed E-state index contributed by atoms with van der Waals surface area (Å²) < 4.78 is 0. The van der Waals surface area contributed by atoms with Gasteiger partial charge >= 0.3 is 0 Å². The van der Waals surface area contributed by atoms with E-state index in [-0.39, 0.29) is 0 Å². The van der Waals surface area contributed by atoms with Crippen molar-refractivity contribution in [2.45, 2.75) is 26.2 Å². The Morgan fingerprint density at radius 2 is 2.64 bits per heavy atom. The van der Waals surface area contributed by atoms with Crippen LogP contribution in [0.4, 0.5) is 0 Å². The first-order chi connectivity index (χ1) is 5.38. The summed E-state index contributed by atoms with van der Waals surface area (Å²) in [5.41, 5.74) is 10.2. The Morgan fingerprint density at radius 3 is 3.27 bits per heavy atom. The largest absolute Gasteiger partial charge is 0.0811 e. The minimum atomic E-state index is 0.828. The normalized spacial score (nSPS) is 19.7. The van der Waals surface area contributed by atoms with Gasteiger partial charge < -0.3 is 0 Å². The van der Waals surface area contributed by atoms with Gasteiger partial charge in [-0.25, -0.2) is 0 Å². The lowest BCUT2D eigenvalue weighted by Crippen LogP contribution is -1.77. The first-order valence-corrected chi connectivity index (χ1v) is 3.83. The number of rotatable bonds is 2. The second-order valence-corrected chi connectivity index (χ2v) is 2.46. The van der Waals surface area contributed by atoms with Gasteiger partial charge in [0.25, 0.3) is 0 Å². The van der Waals surface area contributed by atoms with Crippen molar-refractivity contribution in [3.05, 3.63) is 33.9 Å². The molecule has 0 fully saturated rings. The van der Waals surface area contributed by atoms with Crippen molar-refractivity contribution in [2.24, 2.45) is 5.11 Å². The summed E-state index contributed by atoms with van der Waals surface area (Å²) in [4.78, 5) is 2.77. The van der Waals surface area contributed by atoms with Gasteiger partial charge in [-0.05, 0) is 30.4 Å². The molecule has 1 rings (SSSR count). The maximum atomic E-state index is 8.20. The monoisotopic (exact) mass is 149 g/mol. The molecule has 0 heterocycles. The van der Waals surface area contributed by atoms with Gasteiger partial charge in [0, 0.05) is 10.6 Å². The molecule has 0 aromatic rings. The van der Waals surface area contributed by atoms with E-state index < -0.39 is 0 Å². The molecule has 1 aliphatic rings. The summed E-state index contributed by atoms with van der Waals surface area (Å²) in [6.07, 6.45) is 7.16. The predicted molar refractivity (Wildman–Crippen MR) is 44.8 cm³/mol. The van der Waals surface area contributed by atoms with Crippen LogP contribution in [0.5, 0.6) is 0 Å². The third kappa shape index (κ3) is 1.85. The zero-order valence-electron chi connectivity index (χ0n) is 6.62. The average molecular weight is 149 g/mol. The zero-order valence-corrected chi connectivity index (χ0v) is 6.62. The van der Waals surface area contributed by atoms with Gasteiger partial charge in [0.05, 0.1) is 0 Å². The van der Waals surface area contributed by atoms with Gasteiger partial charge in [0.1, 0.15) is 0 Å². The zero-order chi connectivity index (χ0) is 8.10. The number of hydrogen-bond acceptors (Lipinski definition) is 1. The van der Waals surface area contributed by atoms with E-state index in [1.165, 1.54) is 5.57 Å². The van der Waals surface area contributed by atoms with Crippen molar-refractivity contribution in [3.63, 3.8) is 0 Å². The number of allylic oxidation sites excluding steroid dienone is 3. The molecule has 0 saturated heterocycles. The average Bonchev–Trinajstić information content (AvgIpc) is 2.39. The predicted octanol–water partition coefficient (Wildman–Crippen LogP) is 3.31. The van der Waals surface area contributed by atoms with Crippen molar-refractivity contribution in [1.82, 2.24) is 0 Å². The maximum Gasteiger partial charge on any atom is 0.0364 e. The van der Waals surface area contributed by atoms with Crippen LogP contribution in [0.2, 0.25) is 0 Å². The van der Waals surface area contributed by atoms with Crippen molar-refractivity contribution in [1.29, 1.82) is 0 Å². The lowest BCUT2D eigenvalue weighted by atomic mass is 10.2. The van der Waals surface area contributed by atoms with E-state index >= 15 is 0 Å². The van der Waals surface area contributed by atoms with Gasteiger partial charge in [0.15, 0.2) is 0 Å². The van der Waals surface area contributed by atoms with Crippen molar-refractivity contribution in [3.8, 4) is 0 Å². The molecule has 0 aliphatic heterocycles. The van der Waals surface area contributed by atoms with E-state index in [2.05, 4.69) is 23.0 Å². The Hall–Kier alpha value is -1.21. The van der Waals surface area contributed by atoms with Crippen molar-refractivity contribution >= 4 is 0 Å². The molecule has 0 N–H and O–H groups in total. The lowest BCUT2D eigenvalue weighted by Gasteiger charge is -1.95. The highest BCUT2D eigenvalue weighted by Gasteiger charge is 2.07. The molecule has 0 radical (unpaired) electrons. The van der Waals surface area contributed by atoms with Gasteiger partial charge in [-0.15, -0.1) is 0 Å². The van der Waals surface area contributed by atoms with E-state index in [9.17, 15) is 0 Å². The highest BCUT2D eigenvalue weighted by atomic mass is 15.1. The lowest BCUT2D eigenvalue weighted by molar-refractivity contribution is 1.03. The Kier molecular flexibility index (Phi) is 2.75. The third-order valence-electron chi connectivity index (χ3n) is 1.68. The summed E-state index contributed by atoms with van der Waals surface area (Å²) >= 11 is 0. The summed E-state index contributed by atoms with van der Waals surface area (Å²) in [6.45, 7) is 2.08. The molecule has 3 heteroatoms. The van der Waals surface area contributed by atoms with Crippen LogP contribution in [0.3, 0.4) is 0 Å². The number of azide groups is 1. The second kappa shape index (κ2) is 3.84. The van der Waals surface area contributed by atoms with Gasteiger partial charge in [-0.3, -0.25) is 0 Å². The van der Waals surface area contributed by atoms with Gasteiger partial charge in [-0.2, -0.15) is 0 Å². The molecule has 3 nitrogen and oxygen atoms in total. The van der Waals surface area contributed by atoms with Crippen LogP contribution < -0.4 is 0 Å². The van der Waals surface area contributed by atoms with E-state index in [1.54, 1.807) is 0 Å². The molecule has 0 bridgehead atoms. The summed E-state index contributed by atoms with van der Waals surface area (Å²) in [5, 5.41) is 3.60. The molecule has 0 saturated carbocycles. The quantitative estimate of drug-likeness (QED) is 0.328. The van der Waals surface area contributed by atoms with E-state index in [4.69, 9.17) is 5.53 Å². The Labute approximate surface area is 66.0 Å². The maximum absolute atomic E-state index is 8.20. The first kappa shape index (κ1) is 7.89.